The highest BCUT2D eigenvalue weighted by Crippen LogP contribution is 2.25. The average Bonchev–Trinajstić information content (AvgIpc) is 2.39. The molecule has 0 spiro atoms. The first kappa shape index (κ1) is 15.9. The molecule has 5 N–H and O–H groups in total. The molecule has 0 radical (unpaired) electrons. The monoisotopic (exact) mass is 311 g/mol. The number of hydrogen-bond acceptors (Lipinski definition) is 4. The highest BCUT2D eigenvalue weighted by Gasteiger charge is 2.25. The number of benzene rings is 1. The lowest BCUT2D eigenvalue weighted by Gasteiger charge is -2.25. The lowest BCUT2D eigenvalue weighted by atomic mass is 9.85. The van der Waals surface area contributed by atoms with E-state index in [2.05, 4.69) is 5.32 Å². The summed E-state index contributed by atoms with van der Waals surface area (Å²) in [5.41, 5.74) is 6.87. The number of anilines is 1. The number of sulfonamides is 1. The summed E-state index contributed by atoms with van der Waals surface area (Å²) >= 11 is 0. The Balaban J connectivity index is 2.14. The number of primary sulfonamides is 1. The van der Waals surface area contributed by atoms with E-state index in [4.69, 9.17) is 10.9 Å². The van der Waals surface area contributed by atoms with E-state index in [1.807, 2.05) is 0 Å². The van der Waals surface area contributed by atoms with Crippen molar-refractivity contribution in [1.82, 2.24) is 0 Å². The number of amides is 1. The molecule has 116 valence electrons. The van der Waals surface area contributed by atoms with Crippen molar-refractivity contribution >= 4 is 21.6 Å². The van der Waals surface area contributed by atoms with Crippen molar-refractivity contribution in [3.63, 3.8) is 0 Å². The van der Waals surface area contributed by atoms with Gasteiger partial charge in [-0.3, -0.25) is 4.79 Å². The lowest BCUT2D eigenvalue weighted by molar-refractivity contribution is -0.120. The number of carbonyl (C=O) groups excluding carboxylic acids is 1. The van der Waals surface area contributed by atoms with Gasteiger partial charge < -0.3 is 11.1 Å². The fourth-order valence-electron chi connectivity index (χ4n) is 2.69. The van der Waals surface area contributed by atoms with Crippen molar-refractivity contribution in [3.8, 4) is 0 Å². The molecular formula is C14H21N3O3S. The number of carbonyl (C=O) groups is 1. The van der Waals surface area contributed by atoms with Gasteiger partial charge in [-0.15, -0.1) is 0 Å². The van der Waals surface area contributed by atoms with Gasteiger partial charge in [-0.2, -0.15) is 0 Å². The predicted molar refractivity (Wildman–Crippen MR) is 81.1 cm³/mol. The first-order chi connectivity index (χ1) is 9.77. The van der Waals surface area contributed by atoms with E-state index in [1.165, 1.54) is 6.07 Å². The van der Waals surface area contributed by atoms with E-state index in [0.717, 1.165) is 19.3 Å². The zero-order valence-electron chi connectivity index (χ0n) is 12.0. The van der Waals surface area contributed by atoms with E-state index in [0.29, 0.717) is 17.7 Å². The van der Waals surface area contributed by atoms with Gasteiger partial charge >= 0.3 is 0 Å². The van der Waals surface area contributed by atoms with E-state index < -0.39 is 10.0 Å². The van der Waals surface area contributed by atoms with Crippen LogP contribution in [0, 0.1) is 12.8 Å². The quantitative estimate of drug-likeness (QED) is 0.775. The van der Waals surface area contributed by atoms with E-state index >= 15 is 0 Å². The molecule has 0 aromatic heterocycles. The maximum Gasteiger partial charge on any atom is 0.238 e. The Morgan fingerprint density at radius 2 is 2.05 bits per heavy atom. The van der Waals surface area contributed by atoms with Gasteiger partial charge in [0.05, 0.1) is 4.90 Å². The topological polar surface area (TPSA) is 115 Å². The van der Waals surface area contributed by atoms with Crippen LogP contribution in [-0.4, -0.2) is 20.4 Å². The van der Waals surface area contributed by atoms with E-state index in [1.54, 1.807) is 19.1 Å². The van der Waals surface area contributed by atoms with Gasteiger partial charge in [-0.05, 0) is 43.9 Å². The number of nitrogens with one attached hydrogen (secondary N) is 1. The average molecular weight is 311 g/mol. The SMILES string of the molecule is Cc1ccc(NC(=O)C2CCCC(N)C2)cc1S(N)(=O)=O. The van der Waals surface area contributed by atoms with Crippen molar-refractivity contribution < 1.29 is 13.2 Å². The fourth-order valence-corrected chi connectivity index (χ4v) is 3.50. The number of nitrogens with two attached hydrogens (primary N) is 2. The highest BCUT2D eigenvalue weighted by molar-refractivity contribution is 7.89. The van der Waals surface area contributed by atoms with Gasteiger partial charge in [0, 0.05) is 17.6 Å². The van der Waals surface area contributed by atoms with E-state index in [9.17, 15) is 13.2 Å². The van der Waals surface area contributed by atoms with Crippen molar-refractivity contribution in [1.29, 1.82) is 0 Å². The predicted octanol–water partition coefficient (Wildman–Crippen LogP) is 1.10. The Labute approximate surface area is 124 Å². The Kier molecular flexibility index (Phi) is 4.65. The first-order valence-electron chi connectivity index (χ1n) is 6.97. The van der Waals surface area contributed by atoms with Crippen LogP contribution in [0.2, 0.25) is 0 Å². The molecule has 2 atom stereocenters. The van der Waals surface area contributed by atoms with Gasteiger partial charge in [0.2, 0.25) is 15.9 Å². The minimum absolute atomic E-state index is 0.0284. The van der Waals surface area contributed by atoms with Gasteiger partial charge in [-0.25, -0.2) is 13.6 Å². The molecule has 1 aromatic rings. The molecule has 0 heterocycles. The number of rotatable bonds is 3. The molecule has 0 bridgehead atoms. The molecule has 1 aromatic carbocycles. The molecule has 2 unspecified atom stereocenters. The Bertz CT molecular complexity index is 643. The van der Waals surface area contributed by atoms with Gasteiger partial charge in [0.15, 0.2) is 0 Å². The summed E-state index contributed by atoms with van der Waals surface area (Å²) in [5.74, 6) is -0.234. The third-order valence-electron chi connectivity index (χ3n) is 3.85. The molecule has 1 aliphatic carbocycles. The number of aryl methyl sites for hydroxylation is 1. The minimum Gasteiger partial charge on any atom is -0.328 e. The molecule has 1 aliphatic rings. The van der Waals surface area contributed by atoms with Crippen LogP contribution in [0.25, 0.3) is 0 Å². The highest BCUT2D eigenvalue weighted by atomic mass is 32.2. The zero-order chi connectivity index (χ0) is 15.6. The summed E-state index contributed by atoms with van der Waals surface area (Å²) in [6, 6.07) is 4.75. The Hall–Kier alpha value is -1.44. The van der Waals surface area contributed by atoms with Crippen LogP contribution < -0.4 is 16.2 Å². The van der Waals surface area contributed by atoms with Crippen molar-refractivity contribution in [2.24, 2.45) is 16.8 Å². The molecule has 1 saturated carbocycles. The van der Waals surface area contributed by atoms with Gasteiger partial charge in [0.1, 0.15) is 0 Å². The summed E-state index contributed by atoms with van der Waals surface area (Å²) in [7, 11) is -3.80. The van der Waals surface area contributed by atoms with Crippen LogP contribution in [-0.2, 0) is 14.8 Å². The second-order valence-electron chi connectivity index (χ2n) is 5.64. The maximum absolute atomic E-state index is 12.2. The molecule has 21 heavy (non-hydrogen) atoms. The van der Waals surface area contributed by atoms with Crippen LogP contribution in [0.4, 0.5) is 5.69 Å². The van der Waals surface area contributed by atoms with Crippen molar-refractivity contribution in [2.75, 3.05) is 5.32 Å². The standard InChI is InChI=1S/C14H21N3O3S/c1-9-5-6-12(8-13(9)21(16,19)20)17-14(18)10-3-2-4-11(15)7-10/h5-6,8,10-11H,2-4,7,15H2,1H3,(H,17,18)(H2,16,19,20). The van der Waals surface area contributed by atoms with Crippen LogP contribution in [0.3, 0.4) is 0 Å². The lowest BCUT2D eigenvalue weighted by Crippen LogP contribution is -2.34. The molecule has 7 heteroatoms. The maximum atomic E-state index is 12.2. The molecule has 6 nitrogen and oxygen atoms in total. The minimum atomic E-state index is -3.80. The second kappa shape index (κ2) is 6.13. The third-order valence-corrected chi connectivity index (χ3v) is 4.90. The number of hydrogen-bond donors (Lipinski definition) is 3. The molecule has 2 rings (SSSR count). The smallest absolute Gasteiger partial charge is 0.238 e. The van der Waals surface area contributed by atoms with Gasteiger partial charge in [-0.1, -0.05) is 12.5 Å². The molecule has 0 aliphatic heterocycles. The summed E-state index contributed by atoms with van der Waals surface area (Å²) in [6.07, 6.45) is 3.37. The summed E-state index contributed by atoms with van der Waals surface area (Å²) in [6.45, 7) is 1.66. The fraction of sp³-hybridized carbons (Fsp3) is 0.500. The molecule has 1 fully saturated rings. The van der Waals surface area contributed by atoms with Crippen LogP contribution in [0.15, 0.2) is 23.1 Å². The largest absolute Gasteiger partial charge is 0.328 e. The Morgan fingerprint density at radius 1 is 1.33 bits per heavy atom. The van der Waals surface area contributed by atoms with Crippen LogP contribution in [0.1, 0.15) is 31.2 Å². The normalized spacial score (nSPS) is 22.8. The Morgan fingerprint density at radius 3 is 2.67 bits per heavy atom. The molecule has 1 amide bonds. The molecule has 0 saturated heterocycles. The molecular weight excluding hydrogens is 290 g/mol. The summed E-state index contributed by atoms with van der Waals surface area (Å²) in [4.78, 5) is 12.2. The zero-order valence-corrected chi connectivity index (χ0v) is 12.8. The van der Waals surface area contributed by atoms with Crippen molar-refractivity contribution in [3.05, 3.63) is 23.8 Å². The van der Waals surface area contributed by atoms with Crippen molar-refractivity contribution in [2.45, 2.75) is 43.5 Å². The summed E-state index contributed by atoms with van der Waals surface area (Å²) in [5, 5.41) is 7.92. The third kappa shape index (κ3) is 4.03. The van der Waals surface area contributed by atoms with Gasteiger partial charge in [0.25, 0.3) is 0 Å². The first-order valence-corrected chi connectivity index (χ1v) is 8.52. The van der Waals surface area contributed by atoms with Crippen LogP contribution >= 0.6 is 0 Å². The summed E-state index contributed by atoms with van der Waals surface area (Å²) < 4.78 is 23.0. The van der Waals surface area contributed by atoms with Crippen LogP contribution in [0.5, 0.6) is 0 Å². The second-order valence-corrected chi connectivity index (χ2v) is 7.17. The van der Waals surface area contributed by atoms with E-state index in [-0.39, 0.29) is 22.8 Å².